The van der Waals surface area contributed by atoms with E-state index in [0.717, 1.165) is 5.82 Å². The molecule has 0 unspecified atom stereocenters. The quantitative estimate of drug-likeness (QED) is 0.461. The number of benzene rings is 1. The topological polar surface area (TPSA) is 117 Å². The van der Waals surface area contributed by atoms with Gasteiger partial charge < -0.3 is 15.1 Å². The Balaban J connectivity index is 1.43. The van der Waals surface area contributed by atoms with Crippen LogP contribution in [0.5, 0.6) is 0 Å². The van der Waals surface area contributed by atoms with Crippen molar-refractivity contribution in [1.29, 1.82) is 0 Å². The molecule has 1 aliphatic heterocycles. The molecule has 3 heterocycles. The number of piperazine rings is 1. The number of rotatable bonds is 5. The highest BCUT2D eigenvalue weighted by atomic mass is 35.5. The van der Waals surface area contributed by atoms with Gasteiger partial charge in [-0.1, -0.05) is 17.7 Å². The summed E-state index contributed by atoms with van der Waals surface area (Å²) in [7, 11) is 0. The lowest BCUT2D eigenvalue weighted by Crippen LogP contribution is -2.49. The Hall–Kier alpha value is -3.79. The number of nitro benzene ring substituents is 1. The van der Waals surface area contributed by atoms with Crippen molar-refractivity contribution in [2.75, 3.05) is 36.4 Å². The second-order valence-corrected chi connectivity index (χ2v) is 7.61. The number of aromatic nitrogens is 3. The van der Waals surface area contributed by atoms with Crippen LogP contribution in [0.2, 0.25) is 5.02 Å². The number of anilines is 3. The van der Waals surface area contributed by atoms with Crippen molar-refractivity contribution >= 4 is 40.6 Å². The summed E-state index contributed by atoms with van der Waals surface area (Å²) in [6.45, 7) is 3.92. The Morgan fingerprint density at radius 2 is 1.88 bits per heavy atom. The highest BCUT2D eigenvalue weighted by molar-refractivity contribution is 6.34. The van der Waals surface area contributed by atoms with Gasteiger partial charge >= 0.3 is 0 Å². The minimum Gasteiger partial charge on any atom is -0.353 e. The van der Waals surface area contributed by atoms with E-state index >= 15 is 0 Å². The summed E-state index contributed by atoms with van der Waals surface area (Å²) in [5, 5.41) is 14.1. The molecule has 1 aromatic carbocycles. The normalized spacial score (nSPS) is 13.7. The number of nitro groups is 1. The molecule has 1 saturated heterocycles. The molecule has 2 aromatic heterocycles. The van der Waals surface area contributed by atoms with Crippen LogP contribution in [0.15, 0.2) is 48.7 Å². The number of halogens is 1. The summed E-state index contributed by atoms with van der Waals surface area (Å²) in [5.74, 6) is 2.46. The molecule has 1 amide bonds. The number of pyridine rings is 1. The molecular formula is C21H20ClN7O3. The molecule has 3 aromatic rings. The summed E-state index contributed by atoms with van der Waals surface area (Å²) < 4.78 is 0. The standard InChI is InChI=1S/C21H20ClN7O3/c1-14-24-19(26-18-4-2-3-7-23-18)13-20(25-14)27-8-10-28(11-9-27)21(30)16-6-5-15(29(31)32)12-17(16)22/h2-7,12-13H,8-11H2,1H3,(H,23,24,25,26). The van der Waals surface area contributed by atoms with Gasteiger partial charge in [-0.25, -0.2) is 15.0 Å². The molecule has 32 heavy (non-hydrogen) atoms. The number of non-ortho nitro benzene ring substituents is 1. The number of carbonyl (C=O) groups excluding carboxylic acids is 1. The molecular weight excluding hydrogens is 434 g/mol. The molecule has 1 fully saturated rings. The number of hydrogen-bond acceptors (Lipinski definition) is 8. The largest absolute Gasteiger partial charge is 0.353 e. The van der Waals surface area contributed by atoms with Crippen LogP contribution in [0.25, 0.3) is 0 Å². The van der Waals surface area contributed by atoms with Gasteiger partial charge in [0.1, 0.15) is 23.3 Å². The van der Waals surface area contributed by atoms with E-state index in [4.69, 9.17) is 11.6 Å². The van der Waals surface area contributed by atoms with E-state index in [1.165, 1.54) is 18.2 Å². The molecule has 0 atom stereocenters. The Bertz CT molecular complexity index is 1150. The molecule has 0 spiro atoms. The molecule has 1 aliphatic rings. The summed E-state index contributed by atoms with van der Waals surface area (Å²) >= 11 is 6.12. The van der Waals surface area contributed by atoms with E-state index in [9.17, 15) is 14.9 Å². The van der Waals surface area contributed by atoms with Crippen LogP contribution in [0.3, 0.4) is 0 Å². The van der Waals surface area contributed by atoms with Crippen LogP contribution >= 0.6 is 11.6 Å². The van der Waals surface area contributed by atoms with Gasteiger partial charge in [0.25, 0.3) is 11.6 Å². The summed E-state index contributed by atoms with van der Waals surface area (Å²) in [5.41, 5.74) is 0.107. The average molecular weight is 454 g/mol. The summed E-state index contributed by atoms with van der Waals surface area (Å²) in [6.07, 6.45) is 1.70. The second-order valence-electron chi connectivity index (χ2n) is 7.20. The zero-order valence-electron chi connectivity index (χ0n) is 17.2. The molecule has 1 N–H and O–H groups in total. The van der Waals surface area contributed by atoms with Crippen molar-refractivity contribution < 1.29 is 9.72 Å². The molecule has 164 valence electrons. The third kappa shape index (κ3) is 4.75. The first-order valence-corrected chi connectivity index (χ1v) is 10.3. The predicted molar refractivity (Wildman–Crippen MR) is 121 cm³/mol. The Labute approximate surface area is 189 Å². The Kier molecular flexibility index (Phi) is 6.13. The number of carbonyl (C=O) groups is 1. The molecule has 0 aliphatic carbocycles. The van der Waals surface area contributed by atoms with Crippen LogP contribution < -0.4 is 10.2 Å². The lowest BCUT2D eigenvalue weighted by molar-refractivity contribution is -0.384. The van der Waals surface area contributed by atoms with Gasteiger partial charge in [0.15, 0.2) is 0 Å². The first kappa shape index (κ1) is 21.4. The van der Waals surface area contributed by atoms with E-state index in [1.807, 2.05) is 31.2 Å². The van der Waals surface area contributed by atoms with Crippen molar-refractivity contribution in [2.45, 2.75) is 6.92 Å². The predicted octanol–water partition coefficient (Wildman–Crippen LogP) is 3.45. The number of nitrogens with one attached hydrogen (secondary N) is 1. The summed E-state index contributed by atoms with van der Waals surface area (Å²) in [4.78, 5) is 40.2. The SMILES string of the molecule is Cc1nc(Nc2ccccn2)cc(N2CCN(C(=O)c3ccc([N+](=O)[O-])cc3Cl)CC2)n1. The minimum absolute atomic E-state index is 0.0725. The molecule has 4 rings (SSSR count). The van der Waals surface area contributed by atoms with Crippen molar-refractivity contribution in [3.05, 3.63) is 75.2 Å². The lowest BCUT2D eigenvalue weighted by Gasteiger charge is -2.35. The van der Waals surface area contributed by atoms with E-state index in [2.05, 4.69) is 25.2 Å². The van der Waals surface area contributed by atoms with Crippen molar-refractivity contribution in [3.8, 4) is 0 Å². The molecule has 0 radical (unpaired) electrons. The third-order valence-electron chi connectivity index (χ3n) is 5.03. The fraction of sp³-hybridized carbons (Fsp3) is 0.238. The number of amides is 1. The molecule has 10 nitrogen and oxygen atoms in total. The highest BCUT2D eigenvalue weighted by Gasteiger charge is 2.25. The summed E-state index contributed by atoms with van der Waals surface area (Å²) in [6, 6.07) is 11.3. The van der Waals surface area contributed by atoms with Crippen molar-refractivity contribution in [2.24, 2.45) is 0 Å². The van der Waals surface area contributed by atoms with Crippen LogP contribution in [0.1, 0.15) is 16.2 Å². The number of nitrogens with zero attached hydrogens (tertiary/aromatic N) is 6. The fourth-order valence-electron chi connectivity index (χ4n) is 3.45. The van der Waals surface area contributed by atoms with Crippen LogP contribution in [-0.2, 0) is 0 Å². The number of aryl methyl sites for hydroxylation is 1. The fourth-order valence-corrected chi connectivity index (χ4v) is 3.70. The van der Waals surface area contributed by atoms with Gasteiger partial charge in [-0.3, -0.25) is 14.9 Å². The van der Waals surface area contributed by atoms with Gasteiger partial charge in [0.05, 0.1) is 15.5 Å². The molecule has 0 bridgehead atoms. The maximum absolute atomic E-state index is 12.9. The van der Waals surface area contributed by atoms with Gasteiger partial charge in [-0.2, -0.15) is 0 Å². The molecule has 11 heteroatoms. The van der Waals surface area contributed by atoms with Gasteiger partial charge in [0.2, 0.25) is 0 Å². The van der Waals surface area contributed by atoms with E-state index in [0.29, 0.717) is 43.6 Å². The maximum atomic E-state index is 12.9. The molecule has 0 saturated carbocycles. The van der Waals surface area contributed by atoms with E-state index in [-0.39, 0.29) is 22.2 Å². The van der Waals surface area contributed by atoms with Crippen LogP contribution in [0.4, 0.5) is 23.1 Å². The van der Waals surface area contributed by atoms with Gasteiger partial charge in [0, 0.05) is 50.6 Å². The maximum Gasteiger partial charge on any atom is 0.270 e. The van der Waals surface area contributed by atoms with Crippen LogP contribution in [-0.4, -0.2) is 56.9 Å². The Morgan fingerprint density at radius 1 is 1.09 bits per heavy atom. The first-order chi connectivity index (χ1) is 15.4. The van der Waals surface area contributed by atoms with Crippen molar-refractivity contribution in [1.82, 2.24) is 19.9 Å². The number of hydrogen-bond donors (Lipinski definition) is 1. The monoisotopic (exact) mass is 453 g/mol. The lowest BCUT2D eigenvalue weighted by atomic mass is 10.1. The third-order valence-corrected chi connectivity index (χ3v) is 5.34. The van der Waals surface area contributed by atoms with Gasteiger partial charge in [-0.05, 0) is 25.1 Å². The van der Waals surface area contributed by atoms with Crippen LogP contribution in [0, 0.1) is 17.0 Å². The first-order valence-electron chi connectivity index (χ1n) is 9.92. The zero-order valence-corrected chi connectivity index (χ0v) is 18.0. The second kappa shape index (κ2) is 9.15. The van der Waals surface area contributed by atoms with E-state index < -0.39 is 4.92 Å². The Morgan fingerprint density at radius 3 is 2.53 bits per heavy atom. The van der Waals surface area contributed by atoms with Crippen molar-refractivity contribution in [3.63, 3.8) is 0 Å². The highest BCUT2D eigenvalue weighted by Crippen LogP contribution is 2.25. The van der Waals surface area contributed by atoms with E-state index in [1.54, 1.807) is 11.1 Å². The van der Waals surface area contributed by atoms with Gasteiger partial charge in [-0.15, -0.1) is 0 Å². The minimum atomic E-state index is -0.542. The average Bonchev–Trinajstić information content (AvgIpc) is 2.79. The zero-order chi connectivity index (χ0) is 22.7. The smallest absolute Gasteiger partial charge is 0.270 e.